The van der Waals surface area contributed by atoms with Crippen LogP contribution in [0.25, 0.3) is 0 Å². The molecular weight excluding hydrogens is 236 g/mol. The molecule has 0 unspecified atom stereocenters. The molecule has 1 rings (SSSR count). The number of rotatable bonds is 4. The maximum atomic E-state index is 5.91. The van der Waals surface area contributed by atoms with E-state index in [1.165, 1.54) is 11.1 Å². The Hall–Kier alpha value is -1.02. The Kier molecular flexibility index (Phi) is 5.03. The molecule has 0 aromatic heterocycles. The van der Waals surface area contributed by atoms with Crippen LogP contribution in [0.3, 0.4) is 0 Å². The summed E-state index contributed by atoms with van der Waals surface area (Å²) in [6.45, 7) is 14.5. The fourth-order valence-corrected chi connectivity index (χ4v) is 1.96. The molecule has 0 saturated carbocycles. The van der Waals surface area contributed by atoms with Crippen molar-refractivity contribution in [3.05, 3.63) is 29.3 Å². The zero-order valence-electron chi connectivity index (χ0n) is 13.5. The second-order valence-corrected chi connectivity index (χ2v) is 7.05. The first kappa shape index (κ1) is 16.0. The normalized spacial score (nSPS) is 12.6. The van der Waals surface area contributed by atoms with Crippen LogP contribution in [0.1, 0.15) is 52.7 Å². The molecule has 0 radical (unpaired) electrons. The van der Waals surface area contributed by atoms with E-state index in [4.69, 9.17) is 9.47 Å². The topological polar surface area (TPSA) is 18.5 Å². The number of hydrogen-bond donors (Lipinski definition) is 0. The molecule has 0 aliphatic heterocycles. The summed E-state index contributed by atoms with van der Waals surface area (Å²) in [6.07, 6.45) is 0. The van der Waals surface area contributed by atoms with Crippen molar-refractivity contribution < 1.29 is 9.47 Å². The van der Waals surface area contributed by atoms with Gasteiger partial charge in [-0.15, -0.1) is 0 Å². The fraction of sp³-hybridized carbons (Fsp3) is 0.647. The highest BCUT2D eigenvalue weighted by atomic mass is 16.5. The molecule has 0 atom stereocenters. The van der Waals surface area contributed by atoms with E-state index in [2.05, 4.69) is 59.7 Å². The van der Waals surface area contributed by atoms with Crippen molar-refractivity contribution in [2.75, 3.05) is 20.3 Å². The van der Waals surface area contributed by atoms with Crippen LogP contribution in [0.5, 0.6) is 5.75 Å². The lowest BCUT2D eigenvalue weighted by molar-refractivity contribution is 0.145. The van der Waals surface area contributed by atoms with Gasteiger partial charge in [0, 0.05) is 7.11 Å². The third-order valence-electron chi connectivity index (χ3n) is 3.20. The lowest BCUT2D eigenvalue weighted by Gasteiger charge is -2.26. The summed E-state index contributed by atoms with van der Waals surface area (Å²) in [5.41, 5.74) is 2.76. The molecule has 0 bridgehead atoms. The Morgan fingerprint density at radius 1 is 0.895 bits per heavy atom. The minimum absolute atomic E-state index is 0.0822. The Morgan fingerprint density at radius 3 is 2.00 bits per heavy atom. The van der Waals surface area contributed by atoms with Crippen LogP contribution in [0.15, 0.2) is 18.2 Å². The SMILES string of the molecule is COCCOc1cc(C(C)(C)C)ccc1C(C)(C)C. The molecule has 0 saturated heterocycles. The van der Waals surface area contributed by atoms with Crippen molar-refractivity contribution >= 4 is 0 Å². The van der Waals surface area contributed by atoms with Crippen LogP contribution >= 0.6 is 0 Å². The first-order valence-corrected chi connectivity index (χ1v) is 6.93. The van der Waals surface area contributed by atoms with Crippen LogP contribution in [-0.4, -0.2) is 20.3 Å². The summed E-state index contributed by atoms with van der Waals surface area (Å²) in [7, 11) is 1.69. The van der Waals surface area contributed by atoms with E-state index in [1.54, 1.807) is 7.11 Å². The van der Waals surface area contributed by atoms with Gasteiger partial charge in [-0.25, -0.2) is 0 Å². The van der Waals surface area contributed by atoms with E-state index in [9.17, 15) is 0 Å². The second-order valence-electron chi connectivity index (χ2n) is 7.05. The van der Waals surface area contributed by atoms with E-state index in [0.717, 1.165) is 5.75 Å². The summed E-state index contributed by atoms with van der Waals surface area (Å²) >= 11 is 0. The minimum Gasteiger partial charge on any atom is -0.491 e. The Balaban J connectivity index is 3.12. The Bertz CT molecular complexity index is 408. The largest absolute Gasteiger partial charge is 0.491 e. The molecule has 2 nitrogen and oxygen atoms in total. The maximum Gasteiger partial charge on any atom is 0.123 e. The summed E-state index contributed by atoms with van der Waals surface area (Å²) in [5.74, 6) is 0.983. The molecule has 1 aromatic rings. The van der Waals surface area contributed by atoms with E-state index >= 15 is 0 Å². The third-order valence-corrected chi connectivity index (χ3v) is 3.20. The fourth-order valence-electron chi connectivity index (χ4n) is 1.96. The van der Waals surface area contributed by atoms with Gasteiger partial charge in [0.1, 0.15) is 12.4 Å². The predicted molar refractivity (Wildman–Crippen MR) is 81.2 cm³/mol. The highest BCUT2D eigenvalue weighted by Crippen LogP contribution is 2.35. The number of methoxy groups -OCH3 is 1. The molecule has 0 N–H and O–H groups in total. The number of hydrogen-bond acceptors (Lipinski definition) is 2. The van der Waals surface area contributed by atoms with Crippen molar-refractivity contribution in [3.8, 4) is 5.75 Å². The monoisotopic (exact) mass is 264 g/mol. The van der Waals surface area contributed by atoms with Gasteiger partial charge in [0.2, 0.25) is 0 Å². The van der Waals surface area contributed by atoms with Crippen molar-refractivity contribution in [2.24, 2.45) is 0 Å². The van der Waals surface area contributed by atoms with Crippen LogP contribution in [0.2, 0.25) is 0 Å². The molecule has 1 aromatic carbocycles. The minimum atomic E-state index is 0.0822. The van der Waals surface area contributed by atoms with Gasteiger partial charge in [0.05, 0.1) is 6.61 Å². The lowest BCUT2D eigenvalue weighted by Crippen LogP contribution is -2.17. The van der Waals surface area contributed by atoms with Gasteiger partial charge in [0.25, 0.3) is 0 Å². The summed E-state index contributed by atoms with van der Waals surface area (Å²) in [6, 6.07) is 6.59. The highest BCUT2D eigenvalue weighted by Gasteiger charge is 2.22. The summed E-state index contributed by atoms with van der Waals surface area (Å²) in [5, 5.41) is 0. The summed E-state index contributed by atoms with van der Waals surface area (Å²) in [4.78, 5) is 0. The highest BCUT2D eigenvalue weighted by molar-refractivity contribution is 5.43. The second kappa shape index (κ2) is 5.96. The Labute approximate surface area is 118 Å². The number of benzene rings is 1. The van der Waals surface area contributed by atoms with Gasteiger partial charge in [-0.2, -0.15) is 0 Å². The van der Waals surface area contributed by atoms with Gasteiger partial charge < -0.3 is 9.47 Å². The van der Waals surface area contributed by atoms with E-state index < -0.39 is 0 Å². The first-order valence-electron chi connectivity index (χ1n) is 6.93. The molecule has 0 aliphatic carbocycles. The standard InChI is InChI=1S/C17H28O2/c1-16(2,3)13-8-9-14(17(4,5)6)15(12-13)19-11-10-18-7/h8-9,12H,10-11H2,1-7H3. The van der Waals surface area contributed by atoms with Gasteiger partial charge in [-0.1, -0.05) is 53.7 Å². The van der Waals surface area contributed by atoms with Crippen LogP contribution in [-0.2, 0) is 15.6 Å². The van der Waals surface area contributed by atoms with E-state index in [1.807, 2.05) is 0 Å². The average molecular weight is 264 g/mol. The quantitative estimate of drug-likeness (QED) is 0.755. The van der Waals surface area contributed by atoms with Crippen molar-refractivity contribution in [2.45, 2.75) is 52.4 Å². The predicted octanol–water partition coefficient (Wildman–Crippen LogP) is 4.31. The van der Waals surface area contributed by atoms with Crippen LogP contribution in [0, 0.1) is 0 Å². The molecule has 0 fully saturated rings. The van der Waals surface area contributed by atoms with E-state index in [-0.39, 0.29) is 10.8 Å². The van der Waals surface area contributed by atoms with E-state index in [0.29, 0.717) is 13.2 Å². The third kappa shape index (κ3) is 4.54. The molecule has 2 heteroatoms. The molecular formula is C17H28O2. The molecule has 108 valence electrons. The smallest absolute Gasteiger partial charge is 0.123 e. The molecule has 0 spiro atoms. The maximum absolute atomic E-state index is 5.91. The Morgan fingerprint density at radius 2 is 1.53 bits per heavy atom. The lowest BCUT2D eigenvalue weighted by atomic mass is 9.81. The van der Waals surface area contributed by atoms with Gasteiger partial charge >= 0.3 is 0 Å². The van der Waals surface area contributed by atoms with Crippen LogP contribution < -0.4 is 4.74 Å². The molecule has 0 aliphatic rings. The van der Waals surface area contributed by atoms with Gasteiger partial charge in [-0.05, 0) is 28.0 Å². The van der Waals surface area contributed by atoms with Crippen molar-refractivity contribution in [1.82, 2.24) is 0 Å². The summed E-state index contributed by atoms with van der Waals surface area (Å²) < 4.78 is 11.0. The van der Waals surface area contributed by atoms with Crippen LogP contribution in [0.4, 0.5) is 0 Å². The molecule has 0 heterocycles. The molecule has 0 amide bonds. The van der Waals surface area contributed by atoms with Crippen molar-refractivity contribution in [3.63, 3.8) is 0 Å². The van der Waals surface area contributed by atoms with Gasteiger partial charge in [0.15, 0.2) is 0 Å². The zero-order valence-corrected chi connectivity index (χ0v) is 13.5. The average Bonchev–Trinajstić information content (AvgIpc) is 2.26. The molecule has 19 heavy (non-hydrogen) atoms. The van der Waals surface area contributed by atoms with Gasteiger partial charge in [-0.3, -0.25) is 0 Å². The van der Waals surface area contributed by atoms with Crippen molar-refractivity contribution in [1.29, 1.82) is 0 Å². The number of ether oxygens (including phenoxy) is 2. The first-order chi connectivity index (χ1) is 8.66. The zero-order chi connectivity index (χ0) is 14.7.